The number of carbonyl (C=O) groups excluding carboxylic acids is 2. The standard InChI is InChI=1S/C12H22O3/c1-6-9(7-2)15-11(14)8-10(13)12(3,4)5/h9H,6-8H2,1-5H3. The van der Waals surface area contributed by atoms with Gasteiger partial charge in [-0.2, -0.15) is 0 Å². The van der Waals surface area contributed by atoms with Gasteiger partial charge in [0.05, 0.1) is 0 Å². The molecule has 0 fully saturated rings. The molecule has 0 aromatic rings. The molecule has 3 nitrogen and oxygen atoms in total. The van der Waals surface area contributed by atoms with Crippen LogP contribution in [0.1, 0.15) is 53.9 Å². The van der Waals surface area contributed by atoms with Gasteiger partial charge < -0.3 is 4.74 Å². The molecule has 88 valence electrons. The SMILES string of the molecule is CCC(CC)OC(=O)CC(=O)C(C)(C)C. The number of esters is 1. The normalized spacial score (nSPS) is 11.6. The lowest BCUT2D eigenvalue weighted by Gasteiger charge is -2.18. The van der Waals surface area contributed by atoms with Crippen LogP contribution in [0.15, 0.2) is 0 Å². The highest BCUT2D eigenvalue weighted by atomic mass is 16.5. The number of rotatable bonds is 5. The zero-order valence-corrected chi connectivity index (χ0v) is 10.4. The van der Waals surface area contributed by atoms with Crippen LogP contribution >= 0.6 is 0 Å². The molecule has 0 N–H and O–H groups in total. The summed E-state index contributed by atoms with van der Waals surface area (Å²) in [6.45, 7) is 9.35. The summed E-state index contributed by atoms with van der Waals surface area (Å²) < 4.78 is 5.15. The molecule has 0 rings (SSSR count). The summed E-state index contributed by atoms with van der Waals surface area (Å²) >= 11 is 0. The second-order valence-electron chi connectivity index (χ2n) is 4.78. The molecule has 0 aliphatic carbocycles. The molecule has 0 atom stereocenters. The van der Waals surface area contributed by atoms with Crippen LogP contribution in [0.4, 0.5) is 0 Å². The lowest BCUT2D eigenvalue weighted by atomic mass is 9.89. The maximum atomic E-state index is 11.5. The van der Waals surface area contributed by atoms with Crippen molar-refractivity contribution in [3.05, 3.63) is 0 Å². The Balaban J connectivity index is 4.10. The maximum Gasteiger partial charge on any atom is 0.313 e. The average Bonchev–Trinajstić information content (AvgIpc) is 2.12. The molecular weight excluding hydrogens is 192 g/mol. The predicted molar refractivity (Wildman–Crippen MR) is 59.5 cm³/mol. The number of ether oxygens (including phenoxy) is 1. The summed E-state index contributed by atoms with van der Waals surface area (Å²) in [6, 6.07) is 0. The number of hydrogen-bond acceptors (Lipinski definition) is 3. The third kappa shape index (κ3) is 5.55. The molecule has 0 unspecified atom stereocenters. The van der Waals surface area contributed by atoms with Crippen molar-refractivity contribution < 1.29 is 14.3 Å². The van der Waals surface area contributed by atoms with Gasteiger partial charge in [0.1, 0.15) is 18.3 Å². The fourth-order valence-corrected chi connectivity index (χ4v) is 1.08. The highest BCUT2D eigenvalue weighted by Gasteiger charge is 2.25. The summed E-state index contributed by atoms with van der Waals surface area (Å²) in [6.07, 6.45) is 1.43. The van der Waals surface area contributed by atoms with E-state index in [2.05, 4.69) is 0 Å². The quantitative estimate of drug-likeness (QED) is 0.522. The number of carbonyl (C=O) groups is 2. The van der Waals surface area contributed by atoms with E-state index in [-0.39, 0.29) is 18.3 Å². The van der Waals surface area contributed by atoms with Gasteiger partial charge in [0, 0.05) is 5.41 Å². The van der Waals surface area contributed by atoms with Crippen LogP contribution in [0, 0.1) is 5.41 Å². The van der Waals surface area contributed by atoms with E-state index in [1.807, 2.05) is 13.8 Å². The van der Waals surface area contributed by atoms with E-state index >= 15 is 0 Å². The van der Waals surface area contributed by atoms with E-state index in [4.69, 9.17) is 4.74 Å². The Bertz CT molecular complexity index is 222. The van der Waals surface area contributed by atoms with Crippen molar-refractivity contribution in [3.8, 4) is 0 Å². The first-order valence-electron chi connectivity index (χ1n) is 5.54. The van der Waals surface area contributed by atoms with Crippen LogP contribution in [0.3, 0.4) is 0 Å². The Morgan fingerprint density at radius 2 is 1.60 bits per heavy atom. The Morgan fingerprint density at radius 3 is 1.93 bits per heavy atom. The molecule has 3 heteroatoms. The monoisotopic (exact) mass is 214 g/mol. The van der Waals surface area contributed by atoms with E-state index in [1.54, 1.807) is 20.8 Å². The van der Waals surface area contributed by atoms with E-state index in [1.165, 1.54) is 0 Å². The summed E-state index contributed by atoms with van der Waals surface area (Å²) in [5.41, 5.74) is -0.465. The first-order chi connectivity index (χ1) is 6.81. The molecule has 0 spiro atoms. The molecule has 0 aromatic heterocycles. The smallest absolute Gasteiger partial charge is 0.313 e. The maximum absolute atomic E-state index is 11.5. The van der Waals surface area contributed by atoms with Crippen LogP contribution in [-0.2, 0) is 14.3 Å². The Labute approximate surface area is 92.2 Å². The minimum atomic E-state index is -0.465. The molecule has 0 saturated carbocycles. The zero-order chi connectivity index (χ0) is 12.1. The Kier molecular flexibility index (Phi) is 5.55. The summed E-state index contributed by atoms with van der Waals surface area (Å²) in [5.74, 6) is -0.470. The van der Waals surface area contributed by atoms with Crippen LogP contribution in [0.2, 0.25) is 0 Å². The van der Waals surface area contributed by atoms with Crippen molar-refractivity contribution in [1.82, 2.24) is 0 Å². The van der Waals surface area contributed by atoms with Gasteiger partial charge >= 0.3 is 5.97 Å². The molecule has 0 bridgehead atoms. The van der Waals surface area contributed by atoms with Gasteiger partial charge in [-0.15, -0.1) is 0 Å². The minimum Gasteiger partial charge on any atom is -0.462 e. The minimum absolute atomic E-state index is 0.0507. The summed E-state index contributed by atoms with van der Waals surface area (Å²) in [5, 5.41) is 0. The third-order valence-electron chi connectivity index (χ3n) is 2.35. The third-order valence-corrected chi connectivity index (χ3v) is 2.35. The number of ketones is 1. The van der Waals surface area contributed by atoms with Crippen LogP contribution < -0.4 is 0 Å². The van der Waals surface area contributed by atoms with Crippen molar-refractivity contribution in [1.29, 1.82) is 0 Å². The molecule has 0 amide bonds. The van der Waals surface area contributed by atoms with Crippen molar-refractivity contribution in [2.75, 3.05) is 0 Å². The number of hydrogen-bond donors (Lipinski definition) is 0. The van der Waals surface area contributed by atoms with Gasteiger partial charge in [-0.3, -0.25) is 9.59 Å². The van der Waals surface area contributed by atoms with Crippen molar-refractivity contribution in [2.45, 2.75) is 60.0 Å². The van der Waals surface area contributed by atoms with E-state index < -0.39 is 11.4 Å². The van der Waals surface area contributed by atoms with Crippen molar-refractivity contribution >= 4 is 11.8 Å². The van der Waals surface area contributed by atoms with Crippen LogP contribution in [0.5, 0.6) is 0 Å². The molecule has 0 aromatic carbocycles. The van der Waals surface area contributed by atoms with Gasteiger partial charge in [-0.25, -0.2) is 0 Å². The van der Waals surface area contributed by atoms with E-state index in [0.717, 1.165) is 12.8 Å². The van der Waals surface area contributed by atoms with Crippen LogP contribution in [-0.4, -0.2) is 17.9 Å². The molecule has 0 aliphatic rings. The van der Waals surface area contributed by atoms with Gasteiger partial charge in [0.25, 0.3) is 0 Å². The topological polar surface area (TPSA) is 43.4 Å². The molecule has 0 aliphatic heterocycles. The largest absolute Gasteiger partial charge is 0.462 e. The second kappa shape index (κ2) is 5.89. The lowest BCUT2D eigenvalue weighted by molar-refractivity contribution is -0.152. The van der Waals surface area contributed by atoms with E-state index in [9.17, 15) is 9.59 Å². The van der Waals surface area contributed by atoms with E-state index in [0.29, 0.717) is 0 Å². The fraction of sp³-hybridized carbons (Fsp3) is 0.833. The second-order valence-corrected chi connectivity index (χ2v) is 4.78. The van der Waals surface area contributed by atoms with Crippen molar-refractivity contribution in [3.63, 3.8) is 0 Å². The fourth-order valence-electron chi connectivity index (χ4n) is 1.08. The predicted octanol–water partition coefficient (Wildman–Crippen LogP) is 2.72. The summed E-state index contributed by atoms with van der Waals surface area (Å²) in [4.78, 5) is 22.9. The average molecular weight is 214 g/mol. The van der Waals surface area contributed by atoms with Gasteiger partial charge in [-0.1, -0.05) is 34.6 Å². The molecular formula is C12H22O3. The first kappa shape index (κ1) is 14.1. The summed E-state index contributed by atoms with van der Waals surface area (Å²) in [7, 11) is 0. The lowest BCUT2D eigenvalue weighted by Crippen LogP contribution is -2.26. The highest BCUT2D eigenvalue weighted by molar-refractivity contribution is 5.98. The van der Waals surface area contributed by atoms with Crippen molar-refractivity contribution in [2.24, 2.45) is 5.41 Å². The number of Topliss-reactive ketones (excluding diaryl/α,β-unsaturated/α-hetero) is 1. The van der Waals surface area contributed by atoms with Gasteiger partial charge in [0.2, 0.25) is 0 Å². The van der Waals surface area contributed by atoms with Crippen LogP contribution in [0.25, 0.3) is 0 Å². The van der Waals surface area contributed by atoms with Gasteiger partial charge in [0.15, 0.2) is 0 Å². The zero-order valence-electron chi connectivity index (χ0n) is 10.4. The molecule has 0 saturated heterocycles. The van der Waals surface area contributed by atoms with Gasteiger partial charge in [-0.05, 0) is 12.8 Å². The Morgan fingerprint density at radius 1 is 1.13 bits per heavy atom. The highest BCUT2D eigenvalue weighted by Crippen LogP contribution is 2.17. The molecule has 0 heterocycles. The Hall–Kier alpha value is -0.860. The molecule has 15 heavy (non-hydrogen) atoms. The molecule has 0 radical (unpaired) electrons. The first-order valence-corrected chi connectivity index (χ1v) is 5.54.